The summed E-state index contributed by atoms with van der Waals surface area (Å²) in [5.41, 5.74) is 3.68. The van der Waals surface area contributed by atoms with Gasteiger partial charge in [0.15, 0.2) is 0 Å². The largest absolute Gasteiger partial charge is 0.372 e. The number of nitrogens with zero attached hydrogens (tertiary/aromatic N) is 2. The van der Waals surface area contributed by atoms with Crippen molar-refractivity contribution in [2.24, 2.45) is 4.99 Å². The first-order valence-corrected chi connectivity index (χ1v) is 7.39. The van der Waals surface area contributed by atoms with Crippen molar-refractivity contribution in [1.82, 2.24) is 4.98 Å². The zero-order valence-electron chi connectivity index (χ0n) is 12.6. The van der Waals surface area contributed by atoms with Gasteiger partial charge in [-0.15, -0.1) is 0 Å². The molecule has 0 fully saturated rings. The summed E-state index contributed by atoms with van der Waals surface area (Å²) in [5.74, 6) is 6.29. The van der Waals surface area contributed by atoms with E-state index in [-0.39, 0.29) is 6.67 Å². The van der Waals surface area contributed by atoms with Crippen molar-refractivity contribution in [2.45, 2.75) is 6.42 Å². The molecule has 2 heterocycles. The fourth-order valence-corrected chi connectivity index (χ4v) is 2.43. The summed E-state index contributed by atoms with van der Waals surface area (Å²) in [6.45, 7) is 0.862. The van der Waals surface area contributed by atoms with Gasteiger partial charge in [-0.3, -0.25) is 4.99 Å². The molecule has 0 spiro atoms. The van der Waals surface area contributed by atoms with E-state index in [0.29, 0.717) is 6.54 Å². The predicted octanol–water partition coefficient (Wildman–Crippen LogP) is 1.62. The molecule has 1 aliphatic rings. The van der Waals surface area contributed by atoms with Crippen molar-refractivity contribution < 1.29 is 4.39 Å². The van der Waals surface area contributed by atoms with Crippen molar-refractivity contribution in [2.75, 3.05) is 31.7 Å². The number of H-pyrrole nitrogens is 1. The van der Waals surface area contributed by atoms with Crippen molar-refractivity contribution in [1.29, 1.82) is 0 Å². The van der Waals surface area contributed by atoms with Gasteiger partial charge in [-0.05, 0) is 36.6 Å². The van der Waals surface area contributed by atoms with Gasteiger partial charge in [0.1, 0.15) is 12.2 Å². The van der Waals surface area contributed by atoms with Crippen LogP contribution >= 0.6 is 0 Å². The summed E-state index contributed by atoms with van der Waals surface area (Å²) in [4.78, 5) is 9.54. The number of alkyl halides is 1. The Morgan fingerprint density at radius 3 is 3.05 bits per heavy atom. The predicted molar refractivity (Wildman–Crippen MR) is 87.2 cm³/mol. The molecule has 2 aromatic rings. The molecular formula is C18H18FN3. The number of aromatic amines is 1. The van der Waals surface area contributed by atoms with E-state index in [1.807, 2.05) is 42.3 Å². The van der Waals surface area contributed by atoms with Crippen LogP contribution in [0.15, 0.2) is 35.3 Å². The molecule has 0 unspecified atom stereocenters. The first kappa shape index (κ1) is 14.4. The standard InChI is InChI=1S/C18H18FN3/c1-22(11-9-19)17-6-2-4-14(12-17)7-8-16-13-15-5-3-10-20-18(15)21-16/h2,4-6,12-13H,3,9-11H2,1H3,(H,20,21). The van der Waals surface area contributed by atoms with E-state index in [9.17, 15) is 4.39 Å². The van der Waals surface area contributed by atoms with Crippen LogP contribution in [0.4, 0.5) is 10.1 Å². The molecule has 112 valence electrons. The van der Waals surface area contributed by atoms with E-state index in [0.717, 1.165) is 40.6 Å². The molecule has 1 aromatic carbocycles. The fourth-order valence-electron chi connectivity index (χ4n) is 2.43. The number of benzene rings is 1. The topological polar surface area (TPSA) is 31.4 Å². The van der Waals surface area contributed by atoms with Crippen LogP contribution < -0.4 is 15.6 Å². The summed E-state index contributed by atoms with van der Waals surface area (Å²) >= 11 is 0. The Morgan fingerprint density at radius 2 is 2.23 bits per heavy atom. The number of halogens is 1. The molecule has 0 bridgehead atoms. The molecule has 1 N–H and O–H groups in total. The van der Waals surface area contributed by atoms with Crippen LogP contribution in [0.2, 0.25) is 0 Å². The van der Waals surface area contributed by atoms with Crippen LogP contribution in [0, 0.1) is 11.8 Å². The Labute approximate surface area is 129 Å². The average molecular weight is 295 g/mol. The molecular weight excluding hydrogens is 277 g/mol. The van der Waals surface area contributed by atoms with E-state index in [4.69, 9.17) is 0 Å². The lowest BCUT2D eigenvalue weighted by Crippen LogP contribution is -2.25. The summed E-state index contributed by atoms with van der Waals surface area (Å²) in [7, 11) is 1.88. The first-order valence-electron chi connectivity index (χ1n) is 7.39. The van der Waals surface area contributed by atoms with Crippen LogP contribution in [-0.4, -0.2) is 31.8 Å². The van der Waals surface area contributed by atoms with Crippen molar-refractivity contribution in [3.63, 3.8) is 0 Å². The number of fused-ring (bicyclic) bond motifs is 1. The number of aromatic nitrogens is 1. The minimum absolute atomic E-state index is 0.361. The van der Waals surface area contributed by atoms with E-state index in [2.05, 4.69) is 27.9 Å². The Morgan fingerprint density at radius 1 is 1.32 bits per heavy atom. The van der Waals surface area contributed by atoms with Gasteiger partial charge in [0.25, 0.3) is 0 Å². The third kappa shape index (κ3) is 3.20. The van der Waals surface area contributed by atoms with Crippen molar-refractivity contribution in [3.8, 4) is 11.8 Å². The smallest absolute Gasteiger partial charge is 0.132 e. The maximum Gasteiger partial charge on any atom is 0.132 e. The highest BCUT2D eigenvalue weighted by Gasteiger charge is 2.01. The minimum Gasteiger partial charge on any atom is -0.372 e. The summed E-state index contributed by atoms with van der Waals surface area (Å²) in [5, 5.41) is 1.13. The van der Waals surface area contributed by atoms with Crippen LogP contribution in [0.1, 0.15) is 17.7 Å². The molecule has 1 aliphatic heterocycles. The van der Waals surface area contributed by atoms with Gasteiger partial charge in [0, 0.05) is 36.6 Å². The Hall–Kier alpha value is -2.54. The lowest BCUT2D eigenvalue weighted by molar-refractivity contribution is 0.497. The molecule has 0 aliphatic carbocycles. The van der Waals surface area contributed by atoms with E-state index in [1.165, 1.54) is 0 Å². The van der Waals surface area contributed by atoms with Gasteiger partial charge < -0.3 is 9.88 Å². The fraction of sp³-hybridized carbons (Fsp3) is 0.278. The second-order valence-corrected chi connectivity index (χ2v) is 5.27. The zero-order valence-corrected chi connectivity index (χ0v) is 12.6. The molecule has 3 rings (SSSR count). The molecule has 4 heteroatoms. The molecule has 0 atom stereocenters. The Kier molecular flexibility index (Phi) is 4.24. The van der Waals surface area contributed by atoms with Gasteiger partial charge in [-0.2, -0.15) is 0 Å². The second kappa shape index (κ2) is 6.48. The van der Waals surface area contributed by atoms with E-state index < -0.39 is 0 Å². The summed E-state index contributed by atoms with van der Waals surface area (Å²) in [6, 6.07) is 9.87. The van der Waals surface area contributed by atoms with E-state index in [1.54, 1.807) is 0 Å². The van der Waals surface area contributed by atoms with Gasteiger partial charge >= 0.3 is 0 Å². The number of nitrogens with one attached hydrogen (secondary N) is 1. The molecule has 22 heavy (non-hydrogen) atoms. The number of anilines is 1. The highest BCUT2D eigenvalue weighted by Crippen LogP contribution is 2.14. The third-order valence-electron chi connectivity index (χ3n) is 3.64. The van der Waals surface area contributed by atoms with Crippen LogP contribution in [0.3, 0.4) is 0 Å². The maximum atomic E-state index is 12.4. The molecule has 0 saturated heterocycles. The average Bonchev–Trinajstić information content (AvgIpc) is 2.96. The van der Waals surface area contributed by atoms with Crippen LogP contribution in [0.25, 0.3) is 6.08 Å². The van der Waals surface area contributed by atoms with Crippen LogP contribution in [-0.2, 0) is 0 Å². The highest BCUT2D eigenvalue weighted by molar-refractivity contribution is 5.53. The van der Waals surface area contributed by atoms with Gasteiger partial charge in [0.05, 0.1) is 5.69 Å². The third-order valence-corrected chi connectivity index (χ3v) is 3.64. The summed E-state index contributed by atoms with van der Waals surface area (Å²) < 4.78 is 12.4. The molecule has 0 amide bonds. The first-order chi connectivity index (χ1) is 10.8. The maximum absolute atomic E-state index is 12.4. The zero-order chi connectivity index (χ0) is 15.4. The SMILES string of the molecule is CN(CCF)c1cccc(C#Cc2cc3c([nH]2)=NCCC=3)c1. The molecule has 3 nitrogen and oxygen atoms in total. The van der Waals surface area contributed by atoms with Crippen LogP contribution in [0.5, 0.6) is 0 Å². The summed E-state index contributed by atoms with van der Waals surface area (Å²) in [6.07, 6.45) is 3.16. The Bertz CT molecular complexity index is 806. The highest BCUT2D eigenvalue weighted by atomic mass is 19.1. The second-order valence-electron chi connectivity index (χ2n) is 5.27. The van der Waals surface area contributed by atoms with Gasteiger partial charge in [0.2, 0.25) is 0 Å². The quantitative estimate of drug-likeness (QED) is 0.857. The van der Waals surface area contributed by atoms with E-state index >= 15 is 0 Å². The number of hydrogen-bond donors (Lipinski definition) is 1. The van der Waals surface area contributed by atoms with Crippen molar-refractivity contribution >= 4 is 11.8 Å². The molecule has 0 radical (unpaired) electrons. The van der Waals surface area contributed by atoms with Crippen molar-refractivity contribution in [3.05, 3.63) is 52.3 Å². The molecule has 0 saturated carbocycles. The van der Waals surface area contributed by atoms with Gasteiger partial charge in [-0.1, -0.05) is 18.1 Å². The number of rotatable bonds is 3. The normalized spacial score (nSPS) is 12.5. The number of hydrogen-bond acceptors (Lipinski definition) is 2. The molecule has 1 aromatic heterocycles. The van der Waals surface area contributed by atoms with Gasteiger partial charge in [-0.25, -0.2) is 4.39 Å². The lowest BCUT2D eigenvalue weighted by atomic mass is 10.2. The Balaban J connectivity index is 1.85. The minimum atomic E-state index is -0.361. The monoisotopic (exact) mass is 295 g/mol. The lowest BCUT2D eigenvalue weighted by Gasteiger charge is -2.17.